The van der Waals surface area contributed by atoms with Crippen LogP contribution in [0.2, 0.25) is 0 Å². The van der Waals surface area contributed by atoms with Crippen LogP contribution in [0.25, 0.3) is 0 Å². The summed E-state index contributed by atoms with van der Waals surface area (Å²) >= 11 is 6.39. The van der Waals surface area contributed by atoms with Gasteiger partial charge in [-0.25, -0.2) is 0 Å². The highest BCUT2D eigenvalue weighted by Gasteiger charge is 2.35. The van der Waals surface area contributed by atoms with E-state index in [1.165, 1.54) is 0 Å². The van der Waals surface area contributed by atoms with E-state index in [0.29, 0.717) is 19.6 Å². The molecule has 1 aromatic rings. The number of benzene rings is 1. The minimum Gasteiger partial charge on any atom is -0.350 e. The van der Waals surface area contributed by atoms with Crippen LogP contribution in [0.5, 0.6) is 0 Å². The van der Waals surface area contributed by atoms with Gasteiger partial charge in [0.1, 0.15) is 5.38 Å². The van der Waals surface area contributed by atoms with Crippen molar-refractivity contribution >= 4 is 23.2 Å². The molecule has 2 atom stereocenters. The van der Waals surface area contributed by atoms with Gasteiger partial charge in [0, 0.05) is 13.2 Å². The van der Waals surface area contributed by atoms with Crippen LogP contribution >= 0.6 is 11.6 Å². The first-order valence-corrected chi connectivity index (χ1v) is 10.3. The fraction of sp³-hybridized carbons (Fsp3) is 0.667. The molecule has 1 amide bonds. The van der Waals surface area contributed by atoms with Crippen LogP contribution in [0.15, 0.2) is 18.2 Å². The molecule has 0 saturated carbocycles. The number of nitrogens with zero attached hydrogens (tertiary/aromatic N) is 1. The summed E-state index contributed by atoms with van der Waals surface area (Å²) in [4.78, 5) is 15.1. The molecule has 26 heavy (non-hydrogen) atoms. The lowest BCUT2D eigenvalue weighted by Crippen LogP contribution is -2.50. The molecule has 146 valence electrons. The summed E-state index contributed by atoms with van der Waals surface area (Å²) in [6.07, 6.45) is 3.82. The third kappa shape index (κ3) is 4.79. The molecule has 2 rings (SSSR count). The van der Waals surface area contributed by atoms with Crippen molar-refractivity contribution in [2.75, 3.05) is 18.1 Å². The van der Waals surface area contributed by atoms with Crippen molar-refractivity contribution in [1.82, 2.24) is 0 Å². The van der Waals surface area contributed by atoms with Crippen molar-refractivity contribution in [3.63, 3.8) is 0 Å². The number of carbonyl (C=O) groups excluding carboxylic acids is 1. The number of carbonyl (C=O) groups is 1. The largest absolute Gasteiger partial charge is 0.350 e. The zero-order valence-corrected chi connectivity index (χ0v) is 17.2. The number of para-hydroxylation sites is 1. The van der Waals surface area contributed by atoms with E-state index >= 15 is 0 Å². The lowest BCUT2D eigenvalue weighted by atomic mass is 9.99. The van der Waals surface area contributed by atoms with Crippen molar-refractivity contribution in [2.45, 2.75) is 77.5 Å². The maximum atomic E-state index is 13.3. The van der Waals surface area contributed by atoms with Gasteiger partial charge in [-0.3, -0.25) is 4.79 Å². The molecular weight excluding hydrogens is 350 g/mol. The quantitative estimate of drug-likeness (QED) is 0.642. The molecule has 1 aliphatic heterocycles. The molecule has 0 spiro atoms. The van der Waals surface area contributed by atoms with Crippen molar-refractivity contribution in [1.29, 1.82) is 0 Å². The lowest BCUT2D eigenvalue weighted by Gasteiger charge is -2.37. The van der Waals surface area contributed by atoms with E-state index in [0.717, 1.165) is 42.5 Å². The number of hydrogen-bond acceptors (Lipinski definition) is 3. The van der Waals surface area contributed by atoms with Crippen molar-refractivity contribution in [3.8, 4) is 0 Å². The number of halogens is 1. The summed E-state index contributed by atoms with van der Waals surface area (Å²) in [5, 5.41) is -0.558. The highest BCUT2D eigenvalue weighted by molar-refractivity contribution is 6.33. The average molecular weight is 382 g/mol. The van der Waals surface area contributed by atoms with Gasteiger partial charge in [-0.15, -0.1) is 11.6 Å². The molecule has 1 aliphatic rings. The number of anilines is 1. The van der Waals surface area contributed by atoms with Gasteiger partial charge in [-0.1, -0.05) is 39.0 Å². The number of aryl methyl sites for hydroxylation is 2. The highest BCUT2D eigenvalue weighted by Crippen LogP contribution is 2.32. The van der Waals surface area contributed by atoms with Gasteiger partial charge in [0.15, 0.2) is 6.29 Å². The Morgan fingerprint density at radius 1 is 1.15 bits per heavy atom. The summed E-state index contributed by atoms with van der Waals surface area (Å²) in [5.41, 5.74) is 3.28. The van der Waals surface area contributed by atoms with Crippen LogP contribution in [0, 0.1) is 0 Å². The Kier molecular flexibility index (Phi) is 8.39. The number of ether oxygens (including phenoxy) is 2. The maximum absolute atomic E-state index is 13.3. The molecule has 0 radical (unpaired) electrons. The van der Waals surface area contributed by atoms with Crippen LogP contribution < -0.4 is 4.90 Å². The van der Waals surface area contributed by atoms with Crippen LogP contribution in [0.4, 0.5) is 5.69 Å². The van der Waals surface area contributed by atoms with E-state index in [4.69, 9.17) is 21.1 Å². The molecule has 4 nitrogen and oxygen atoms in total. The molecule has 5 heteroatoms. The minimum atomic E-state index is -0.558. The Labute approximate surface area is 162 Å². The van der Waals surface area contributed by atoms with Gasteiger partial charge >= 0.3 is 0 Å². The van der Waals surface area contributed by atoms with Crippen molar-refractivity contribution in [3.05, 3.63) is 29.3 Å². The third-order valence-electron chi connectivity index (χ3n) is 4.97. The molecule has 1 heterocycles. The SMILES string of the molecule is CCc1cccc(CC)c1N(C(=O)C(Cl)CC)C(C)C1OCCCCO1. The Bertz CT molecular complexity index is 562. The van der Waals surface area contributed by atoms with E-state index in [1.807, 2.05) is 18.7 Å². The van der Waals surface area contributed by atoms with Gasteiger partial charge in [-0.05, 0) is 50.2 Å². The summed E-state index contributed by atoms with van der Waals surface area (Å²) in [6.45, 7) is 9.48. The molecule has 0 bridgehead atoms. The first-order chi connectivity index (χ1) is 12.5. The first kappa shape index (κ1) is 21.2. The topological polar surface area (TPSA) is 38.8 Å². The molecule has 0 aromatic heterocycles. The summed E-state index contributed by atoms with van der Waals surface area (Å²) in [5.74, 6) is -0.0753. The predicted molar refractivity (Wildman–Crippen MR) is 107 cm³/mol. The summed E-state index contributed by atoms with van der Waals surface area (Å²) < 4.78 is 11.8. The second-order valence-corrected chi connectivity index (χ2v) is 7.30. The Morgan fingerprint density at radius 2 is 1.69 bits per heavy atom. The van der Waals surface area contributed by atoms with Crippen LogP contribution in [0.3, 0.4) is 0 Å². The van der Waals surface area contributed by atoms with Gasteiger partial charge in [-0.2, -0.15) is 0 Å². The molecule has 1 aromatic carbocycles. The van der Waals surface area contributed by atoms with Gasteiger partial charge < -0.3 is 14.4 Å². The Hall–Kier alpha value is -1.10. The monoisotopic (exact) mass is 381 g/mol. The van der Waals surface area contributed by atoms with Crippen molar-refractivity contribution in [2.24, 2.45) is 0 Å². The maximum Gasteiger partial charge on any atom is 0.245 e. The zero-order chi connectivity index (χ0) is 19.1. The third-order valence-corrected chi connectivity index (χ3v) is 5.47. The zero-order valence-electron chi connectivity index (χ0n) is 16.5. The van der Waals surface area contributed by atoms with E-state index in [1.54, 1.807) is 0 Å². The minimum absolute atomic E-state index is 0.0753. The standard InChI is InChI=1S/C21H32ClNO3/c1-5-16-11-10-12-17(6-2)19(16)23(20(24)18(22)7-3)15(4)21-25-13-8-9-14-26-21/h10-12,15,18,21H,5-9,13-14H2,1-4H3. The summed E-state index contributed by atoms with van der Waals surface area (Å²) in [6, 6.07) is 5.99. The molecule has 1 fully saturated rings. The van der Waals surface area contributed by atoms with Crippen molar-refractivity contribution < 1.29 is 14.3 Å². The average Bonchev–Trinajstić information content (AvgIpc) is 2.96. The van der Waals surface area contributed by atoms with Gasteiger partial charge in [0.05, 0.1) is 11.7 Å². The smallest absolute Gasteiger partial charge is 0.245 e. The predicted octanol–water partition coefficient (Wildman–Crippen LogP) is 4.70. The van der Waals surface area contributed by atoms with Crippen LogP contribution in [-0.2, 0) is 27.1 Å². The lowest BCUT2D eigenvalue weighted by molar-refractivity contribution is -0.142. The second-order valence-electron chi connectivity index (χ2n) is 6.77. The Balaban J connectivity index is 2.49. The normalized spacial score (nSPS) is 18.2. The van der Waals surface area contributed by atoms with Gasteiger partial charge in [0.25, 0.3) is 0 Å². The molecular formula is C21H32ClNO3. The number of amides is 1. The molecule has 0 aliphatic carbocycles. The number of rotatable bonds is 7. The highest BCUT2D eigenvalue weighted by atomic mass is 35.5. The first-order valence-electron chi connectivity index (χ1n) is 9.86. The number of alkyl halides is 1. The van der Waals surface area contributed by atoms with Crippen LogP contribution in [0.1, 0.15) is 58.1 Å². The molecule has 1 saturated heterocycles. The van der Waals surface area contributed by atoms with E-state index in [-0.39, 0.29) is 11.9 Å². The molecule has 2 unspecified atom stereocenters. The van der Waals surface area contributed by atoms with Gasteiger partial charge in [0.2, 0.25) is 5.91 Å². The van der Waals surface area contributed by atoms with E-state index in [9.17, 15) is 4.79 Å². The Morgan fingerprint density at radius 3 is 2.15 bits per heavy atom. The summed E-state index contributed by atoms with van der Waals surface area (Å²) in [7, 11) is 0. The fourth-order valence-corrected chi connectivity index (χ4v) is 3.52. The second kappa shape index (κ2) is 10.3. The fourth-order valence-electron chi connectivity index (χ4n) is 3.42. The number of hydrogen-bond donors (Lipinski definition) is 0. The van der Waals surface area contributed by atoms with E-state index in [2.05, 4.69) is 32.0 Å². The van der Waals surface area contributed by atoms with Crippen LogP contribution in [-0.4, -0.2) is 36.8 Å². The molecule has 0 N–H and O–H groups in total. The van der Waals surface area contributed by atoms with E-state index < -0.39 is 11.7 Å².